The highest BCUT2D eigenvalue weighted by Crippen LogP contribution is 2.30. The molecule has 0 saturated heterocycles. The fourth-order valence-corrected chi connectivity index (χ4v) is 2.03. The minimum absolute atomic E-state index is 0.162. The van der Waals surface area contributed by atoms with E-state index in [2.05, 4.69) is 10.6 Å². The van der Waals surface area contributed by atoms with Crippen LogP contribution < -0.4 is 10.6 Å². The van der Waals surface area contributed by atoms with Gasteiger partial charge in [-0.15, -0.1) is 0 Å². The number of likely N-dealkylation sites (N-methyl/N-ethyl adjacent to an activating group) is 1. The molecule has 0 aromatic heterocycles. The second-order valence-electron chi connectivity index (χ2n) is 3.86. The molecule has 1 saturated carbocycles. The third-order valence-corrected chi connectivity index (χ3v) is 2.75. The molecule has 1 rings (SSSR count). The number of hydrogen-bond acceptors (Lipinski definition) is 4. The minimum atomic E-state index is -0.775. The summed E-state index contributed by atoms with van der Waals surface area (Å²) in [5, 5.41) is 5.52. The van der Waals surface area contributed by atoms with Gasteiger partial charge in [-0.25, -0.2) is 4.79 Å². The third kappa shape index (κ3) is 2.68. The Kier molecular flexibility index (Phi) is 4.08. The van der Waals surface area contributed by atoms with E-state index in [0.29, 0.717) is 12.8 Å². The van der Waals surface area contributed by atoms with E-state index in [1.807, 2.05) is 0 Å². The number of hydrogen-bond donors (Lipinski definition) is 2. The predicted molar refractivity (Wildman–Crippen MR) is 55.3 cm³/mol. The molecule has 1 aliphatic rings. The minimum Gasteiger partial charge on any atom is -0.467 e. The van der Waals surface area contributed by atoms with Gasteiger partial charge in [-0.2, -0.15) is 0 Å². The van der Waals surface area contributed by atoms with Gasteiger partial charge in [0.05, 0.1) is 13.7 Å². The second kappa shape index (κ2) is 5.11. The monoisotopic (exact) mass is 214 g/mol. The van der Waals surface area contributed by atoms with Gasteiger partial charge in [0.25, 0.3) is 0 Å². The van der Waals surface area contributed by atoms with Crippen molar-refractivity contribution in [3.63, 3.8) is 0 Å². The van der Waals surface area contributed by atoms with Crippen molar-refractivity contribution in [1.82, 2.24) is 10.6 Å². The Morgan fingerprint density at radius 2 is 1.93 bits per heavy atom. The first kappa shape index (κ1) is 12.0. The first-order valence-corrected chi connectivity index (χ1v) is 5.18. The summed E-state index contributed by atoms with van der Waals surface area (Å²) in [6.07, 6.45) is 3.26. The van der Waals surface area contributed by atoms with Gasteiger partial charge in [-0.05, 0) is 19.9 Å². The fourth-order valence-electron chi connectivity index (χ4n) is 2.03. The third-order valence-electron chi connectivity index (χ3n) is 2.75. The molecule has 0 aromatic rings. The molecule has 0 radical (unpaired) electrons. The van der Waals surface area contributed by atoms with Gasteiger partial charge < -0.3 is 15.4 Å². The standard InChI is InChI=1S/C10H18N2O3/c1-11-7-8(13)12-10(9(14)15-2)5-3-4-6-10/h11H,3-7H2,1-2H3,(H,12,13). The number of nitrogens with one attached hydrogen (secondary N) is 2. The molecule has 1 amide bonds. The van der Waals surface area contributed by atoms with E-state index >= 15 is 0 Å². The van der Waals surface area contributed by atoms with E-state index in [-0.39, 0.29) is 18.4 Å². The van der Waals surface area contributed by atoms with Crippen molar-refractivity contribution in [3.05, 3.63) is 0 Å². The van der Waals surface area contributed by atoms with Crippen LogP contribution in [0, 0.1) is 0 Å². The van der Waals surface area contributed by atoms with Crippen LogP contribution in [0.4, 0.5) is 0 Å². The summed E-state index contributed by atoms with van der Waals surface area (Å²) in [6, 6.07) is 0. The van der Waals surface area contributed by atoms with Crippen molar-refractivity contribution >= 4 is 11.9 Å². The Morgan fingerprint density at radius 3 is 2.40 bits per heavy atom. The summed E-state index contributed by atoms with van der Waals surface area (Å²) in [5.74, 6) is -0.491. The summed E-state index contributed by atoms with van der Waals surface area (Å²) >= 11 is 0. The van der Waals surface area contributed by atoms with Crippen molar-refractivity contribution in [2.24, 2.45) is 0 Å². The van der Waals surface area contributed by atoms with E-state index in [0.717, 1.165) is 12.8 Å². The molecule has 2 N–H and O–H groups in total. The highest BCUT2D eigenvalue weighted by Gasteiger charge is 2.43. The molecule has 1 aliphatic carbocycles. The maximum absolute atomic E-state index is 11.6. The second-order valence-corrected chi connectivity index (χ2v) is 3.86. The summed E-state index contributed by atoms with van der Waals surface area (Å²) in [5.41, 5.74) is -0.775. The maximum atomic E-state index is 11.6. The lowest BCUT2D eigenvalue weighted by Gasteiger charge is -2.27. The lowest BCUT2D eigenvalue weighted by molar-refractivity contribution is -0.150. The lowest BCUT2D eigenvalue weighted by atomic mass is 9.98. The van der Waals surface area contributed by atoms with E-state index in [9.17, 15) is 9.59 Å². The van der Waals surface area contributed by atoms with Crippen LogP contribution >= 0.6 is 0 Å². The van der Waals surface area contributed by atoms with Crippen LogP contribution in [-0.4, -0.2) is 38.1 Å². The Labute approximate surface area is 89.6 Å². The van der Waals surface area contributed by atoms with Crippen LogP contribution in [0.25, 0.3) is 0 Å². The molecule has 15 heavy (non-hydrogen) atoms. The number of carbonyl (C=O) groups is 2. The van der Waals surface area contributed by atoms with Gasteiger partial charge >= 0.3 is 5.97 Å². The van der Waals surface area contributed by atoms with E-state index in [4.69, 9.17) is 4.74 Å². The molecule has 0 atom stereocenters. The average Bonchev–Trinajstić information content (AvgIpc) is 2.66. The smallest absolute Gasteiger partial charge is 0.331 e. The van der Waals surface area contributed by atoms with Gasteiger partial charge in [-0.1, -0.05) is 12.8 Å². The Bertz CT molecular complexity index is 247. The highest BCUT2D eigenvalue weighted by atomic mass is 16.5. The Morgan fingerprint density at radius 1 is 1.33 bits per heavy atom. The molecular formula is C10H18N2O3. The molecule has 1 fully saturated rings. The van der Waals surface area contributed by atoms with Crippen LogP contribution in [-0.2, 0) is 14.3 Å². The first-order valence-electron chi connectivity index (χ1n) is 5.18. The van der Waals surface area contributed by atoms with Crippen LogP contribution in [0.3, 0.4) is 0 Å². The number of amides is 1. The van der Waals surface area contributed by atoms with Crippen molar-refractivity contribution < 1.29 is 14.3 Å². The molecule has 86 valence electrons. The Balaban J connectivity index is 2.65. The maximum Gasteiger partial charge on any atom is 0.331 e. The Hall–Kier alpha value is -1.10. The van der Waals surface area contributed by atoms with Gasteiger partial charge in [0, 0.05) is 0 Å². The van der Waals surface area contributed by atoms with E-state index < -0.39 is 5.54 Å². The quantitative estimate of drug-likeness (QED) is 0.636. The normalized spacial score (nSPS) is 18.5. The van der Waals surface area contributed by atoms with Gasteiger partial charge in [0.1, 0.15) is 5.54 Å². The molecule has 0 unspecified atom stereocenters. The summed E-state index contributed by atoms with van der Waals surface area (Å²) in [4.78, 5) is 23.1. The molecule has 0 bridgehead atoms. The number of esters is 1. The highest BCUT2D eigenvalue weighted by molar-refractivity contribution is 5.89. The summed E-state index contributed by atoms with van der Waals surface area (Å²) in [7, 11) is 3.05. The molecule has 0 spiro atoms. The molecule has 0 heterocycles. The zero-order valence-corrected chi connectivity index (χ0v) is 9.26. The lowest BCUT2D eigenvalue weighted by Crippen LogP contribution is -2.54. The zero-order valence-electron chi connectivity index (χ0n) is 9.26. The number of carbonyl (C=O) groups excluding carboxylic acids is 2. The summed E-state index contributed by atoms with van der Waals surface area (Å²) in [6.45, 7) is 0.221. The van der Waals surface area contributed by atoms with Crippen LogP contribution in [0.15, 0.2) is 0 Å². The number of methoxy groups -OCH3 is 1. The van der Waals surface area contributed by atoms with Crippen molar-refractivity contribution in [2.75, 3.05) is 20.7 Å². The van der Waals surface area contributed by atoms with Gasteiger partial charge in [0.15, 0.2) is 0 Å². The number of rotatable bonds is 4. The van der Waals surface area contributed by atoms with Gasteiger partial charge in [-0.3, -0.25) is 4.79 Å². The first-order chi connectivity index (χ1) is 7.14. The van der Waals surface area contributed by atoms with Crippen LogP contribution in [0.5, 0.6) is 0 Å². The molecule has 5 nitrogen and oxygen atoms in total. The zero-order chi connectivity index (χ0) is 11.3. The topological polar surface area (TPSA) is 67.4 Å². The largest absolute Gasteiger partial charge is 0.467 e. The van der Waals surface area contributed by atoms with Crippen molar-refractivity contribution in [1.29, 1.82) is 0 Å². The molecule has 0 aromatic carbocycles. The van der Waals surface area contributed by atoms with Crippen molar-refractivity contribution in [3.8, 4) is 0 Å². The van der Waals surface area contributed by atoms with E-state index in [1.54, 1.807) is 7.05 Å². The summed E-state index contributed by atoms with van der Waals surface area (Å²) < 4.78 is 4.74. The van der Waals surface area contributed by atoms with Crippen LogP contribution in [0.1, 0.15) is 25.7 Å². The van der Waals surface area contributed by atoms with Crippen LogP contribution in [0.2, 0.25) is 0 Å². The van der Waals surface area contributed by atoms with Crippen molar-refractivity contribution in [2.45, 2.75) is 31.2 Å². The molecular weight excluding hydrogens is 196 g/mol. The molecule has 0 aliphatic heterocycles. The van der Waals surface area contributed by atoms with Gasteiger partial charge in [0.2, 0.25) is 5.91 Å². The van der Waals surface area contributed by atoms with E-state index in [1.165, 1.54) is 7.11 Å². The predicted octanol–water partition coefficient (Wildman–Crippen LogP) is -0.192. The SMILES string of the molecule is CNCC(=O)NC1(C(=O)OC)CCCC1. The average molecular weight is 214 g/mol. The fraction of sp³-hybridized carbons (Fsp3) is 0.800. The number of ether oxygens (including phenoxy) is 1. The molecule has 5 heteroatoms.